The first-order valence-electron chi connectivity index (χ1n) is 10.2. The number of nitrogen functional groups attached to an aromatic ring is 1. The summed E-state index contributed by atoms with van der Waals surface area (Å²) in [6.07, 6.45) is 7.18. The maximum atomic E-state index is 11.9. The van der Waals surface area contributed by atoms with Gasteiger partial charge in [-0.1, -0.05) is 0 Å². The van der Waals surface area contributed by atoms with Gasteiger partial charge in [0.05, 0.1) is 43.0 Å². The Morgan fingerprint density at radius 2 is 1.97 bits per heavy atom. The van der Waals surface area contributed by atoms with Gasteiger partial charge in [-0.25, -0.2) is 14.8 Å². The molecule has 4 rings (SSSR count). The van der Waals surface area contributed by atoms with E-state index in [1.165, 1.54) is 7.11 Å². The number of nitrogens with two attached hydrogens (primary N) is 1. The Labute approximate surface area is 180 Å². The molecule has 1 aliphatic heterocycles. The molecule has 31 heavy (non-hydrogen) atoms. The Morgan fingerprint density at radius 1 is 1.19 bits per heavy atom. The predicted octanol–water partition coefficient (Wildman–Crippen LogP) is 3.08. The Morgan fingerprint density at radius 3 is 2.71 bits per heavy atom. The van der Waals surface area contributed by atoms with Crippen LogP contribution in [0, 0.1) is 6.92 Å². The lowest BCUT2D eigenvalue weighted by Gasteiger charge is -2.28. The summed E-state index contributed by atoms with van der Waals surface area (Å²) in [6.45, 7) is 3.99. The zero-order chi connectivity index (χ0) is 22.0. The van der Waals surface area contributed by atoms with Crippen LogP contribution in [0.15, 0.2) is 36.8 Å². The lowest BCUT2D eigenvalue weighted by molar-refractivity contribution is 0.0600. The number of nitrogens with zero attached hydrogens (tertiary/aromatic N) is 5. The fraction of sp³-hybridized carbons (Fsp3) is 0.364. The number of anilines is 1. The van der Waals surface area contributed by atoms with Crippen LogP contribution in [0.5, 0.6) is 11.6 Å². The summed E-state index contributed by atoms with van der Waals surface area (Å²) >= 11 is 0. The van der Waals surface area contributed by atoms with Gasteiger partial charge in [0.25, 0.3) is 5.88 Å². The first-order valence-corrected chi connectivity index (χ1v) is 10.2. The average molecular weight is 422 g/mol. The standard InChI is InChI=1S/C22H26N6O3/c1-14-8-15(10-16(9-14)22(29)30-3)19-12-24-20(23)21(26-19)31-18-11-25-28(13-18)17-4-6-27(2)7-5-17/h8-13,17H,4-7H2,1-3H3,(H2,23,24). The van der Waals surface area contributed by atoms with E-state index in [1.54, 1.807) is 24.5 Å². The van der Waals surface area contributed by atoms with Crippen LogP contribution in [-0.2, 0) is 4.74 Å². The predicted molar refractivity (Wildman–Crippen MR) is 116 cm³/mol. The summed E-state index contributed by atoms with van der Waals surface area (Å²) in [6, 6.07) is 5.73. The third-order valence-corrected chi connectivity index (χ3v) is 5.42. The molecule has 1 saturated heterocycles. The van der Waals surface area contributed by atoms with Crippen LogP contribution >= 0.6 is 0 Å². The minimum absolute atomic E-state index is 0.177. The third-order valence-electron chi connectivity index (χ3n) is 5.42. The van der Waals surface area contributed by atoms with Crippen molar-refractivity contribution in [3.05, 3.63) is 47.9 Å². The number of likely N-dealkylation sites (tertiary alicyclic amines) is 1. The van der Waals surface area contributed by atoms with E-state index in [4.69, 9.17) is 15.2 Å². The van der Waals surface area contributed by atoms with Crippen molar-refractivity contribution in [2.75, 3.05) is 33.0 Å². The molecule has 0 atom stereocenters. The second-order valence-electron chi connectivity index (χ2n) is 7.82. The van der Waals surface area contributed by atoms with Gasteiger partial charge in [0.1, 0.15) is 0 Å². The normalized spacial score (nSPS) is 15.1. The van der Waals surface area contributed by atoms with Crippen LogP contribution < -0.4 is 10.5 Å². The Kier molecular flexibility index (Phi) is 5.85. The summed E-state index contributed by atoms with van der Waals surface area (Å²) in [5, 5.41) is 4.46. The molecule has 1 aliphatic rings. The molecule has 2 N–H and O–H groups in total. The molecular formula is C22H26N6O3. The first-order chi connectivity index (χ1) is 14.9. The molecule has 1 aromatic carbocycles. The first kappa shape index (κ1) is 20.8. The van der Waals surface area contributed by atoms with Gasteiger partial charge in [-0.15, -0.1) is 0 Å². The van der Waals surface area contributed by atoms with E-state index in [-0.39, 0.29) is 11.7 Å². The number of carbonyl (C=O) groups is 1. The van der Waals surface area contributed by atoms with Crippen molar-refractivity contribution in [1.29, 1.82) is 0 Å². The molecule has 9 nitrogen and oxygen atoms in total. The number of esters is 1. The SMILES string of the molecule is COC(=O)c1cc(C)cc(-c2cnc(N)c(Oc3cnn(C4CCN(C)CC4)c3)n2)c1. The zero-order valence-corrected chi connectivity index (χ0v) is 17.9. The van der Waals surface area contributed by atoms with E-state index >= 15 is 0 Å². The van der Waals surface area contributed by atoms with Crippen molar-refractivity contribution in [2.45, 2.75) is 25.8 Å². The van der Waals surface area contributed by atoms with Crippen LogP contribution in [0.1, 0.15) is 34.8 Å². The molecule has 0 amide bonds. The molecule has 3 heterocycles. The summed E-state index contributed by atoms with van der Waals surface area (Å²) in [5.41, 5.74) is 8.61. The number of hydrogen-bond acceptors (Lipinski definition) is 8. The van der Waals surface area contributed by atoms with Crippen molar-refractivity contribution in [3.8, 4) is 22.9 Å². The van der Waals surface area contributed by atoms with Gasteiger partial charge >= 0.3 is 5.97 Å². The Hall–Kier alpha value is -3.46. The highest BCUT2D eigenvalue weighted by molar-refractivity contribution is 5.91. The molecule has 0 radical (unpaired) electrons. The number of aryl methyl sites for hydroxylation is 1. The highest BCUT2D eigenvalue weighted by Crippen LogP contribution is 2.29. The van der Waals surface area contributed by atoms with Crippen LogP contribution in [0.3, 0.4) is 0 Å². The zero-order valence-electron chi connectivity index (χ0n) is 17.9. The van der Waals surface area contributed by atoms with E-state index in [9.17, 15) is 4.79 Å². The van der Waals surface area contributed by atoms with E-state index in [0.717, 1.165) is 37.1 Å². The Balaban J connectivity index is 1.57. The van der Waals surface area contributed by atoms with Crippen molar-refractivity contribution >= 4 is 11.8 Å². The van der Waals surface area contributed by atoms with Crippen LogP contribution in [-0.4, -0.2) is 57.9 Å². The maximum Gasteiger partial charge on any atom is 0.337 e. The van der Waals surface area contributed by atoms with E-state index in [0.29, 0.717) is 23.0 Å². The largest absolute Gasteiger partial charge is 0.465 e. The molecule has 162 valence electrons. The van der Waals surface area contributed by atoms with Crippen molar-refractivity contribution in [3.63, 3.8) is 0 Å². The third kappa shape index (κ3) is 4.66. The smallest absolute Gasteiger partial charge is 0.337 e. The lowest BCUT2D eigenvalue weighted by atomic mass is 10.0. The average Bonchev–Trinajstić information content (AvgIpc) is 3.23. The van der Waals surface area contributed by atoms with Gasteiger partial charge in [-0.3, -0.25) is 4.68 Å². The quantitative estimate of drug-likeness (QED) is 0.625. The van der Waals surface area contributed by atoms with Crippen molar-refractivity contribution < 1.29 is 14.3 Å². The summed E-state index contributed by atoms with van der Waals surface area (Å²) in [5.74, 6) is 0.515. The number of rotatable bonds is 5. The van der Waals surface area contributed by atoms with Crippen molar-refractivity contribution in [2.24, 2.45) is 0 Å². The molecule has 9 heteroatoms. The number of methoxy groups -OCH3 is 1. The molecule has 0 unspecified atom stereocenters. The molecular weight excluding hydrogens is 396 g/mol. The minimum Gasteiger partial charge on any atom is -0.465 e. The fourth-order valence-electron chi connectivity index (χ4n) is 3.71. The molecule has 0 saturated carbocycles. The number of benzene rings is 1. The molecule has 0 spiro atoms. The van der Waals surface area contributed by atoms with Gasteiger partial charge in [-0.05, 0) is 63.7 Å². The number of piperidine rings is 1. The molecule has 1 fully saturated rings. The van der Waals surface area contributed by atoms with E-state index in [1.807, 2.05) is 23.9 Å². The second-order valence-corrected chi connectivity index (χ2v) is 7.82. The minimum atomic E-state index is -0.411. The molecule has 2 aromatic heterocycles. The fourth-order valence-corrected chi connectivity index (χ4v) is 3.71. The molecule has 0 aliphatic carbocycles. The number of ether oxygens (including phenoxy) is 2. The lowest BCUT2D eigenvalue weighted by Crippen LogP contribution is -2.31. The maximum absolute atomic E-state index is 11.9. The Bertz CT molecular complexity index is 1090. The van der Waals surface area contributed by atoms with E-state index < -0.39 is 5.97 Å². The topological polar surface area (TPSA) is 108 Å². The monoisotopic (exact) mass is 422 g/mol. The highest BCUT2D eigenvalue weighted by Gasteiger charge is 2.20. The number of aromatic nitrogens is 4. The highest BCUT2D eigenvalue weighted by atomic mass is 16.5. The van der Waals surface area contributed by atoms with Gasteiger partial charge in [0.15, 0.2) is 11.6 Å². The van der Waals surface area contributed by atoms with Gasteiger partial charge in [-0.2, -0.15) is 5.10 Å². The van der Waals surface area contributed by atoms with Crippen LogP contribution in [0.4, 0.5) is 5.82 Å². The molecule has 3 aromatic rings. The molecule has 0 bridgehead atoms. The second kappa shape index (κ2) is 8.73. The number of hydrogen-bond donors (Lipinski definition) is 1. The van der Waals surface area contributed by atoms with Crippen LogP contribution in [0.2, 0.25) is 0 Å². The summed E-state index contributed by atoms with van der Waals surface area (Å²) in [4.78, 5) is 23.0. The van der Waals surface area contributed by atoms with E-state index in [2.05, 4.69) is 27.0 Å². The summed E-state index contributed by atoms with van der Waals surface area (Å²) in [7, 11) is 3.48. The van der Waals surface area contributed by atoms with Crippen LogP contribution in [0.25, 0.3) is 11.3 Å². The van der Waals surface area contributed by atoms with Gasteiger partial charge in [0.2, 0.25) is 0 Å². The van der Waals surface area contributed by atoms with Crippen molar-refractivity contribution in [1.82, 2.24) is 24.6 Å². The van der Waals surface area contributed by atoms with Gasteiger partial charge in [0, 0.05) is 5.56 Å². The summed E-state index contributed by atoms with van der Waals surface area (Å²) < 4.78 is 12.7. The van der Waals surface area contributed by atoms with Gasteiger partial charge < -0.3 is 20.1 Å². The number of carbonyl (C=O) groups excluding carboxylic acids is 1.